The number of benzene rings is 2. The number of pyridine rings is 1. The van der Waals surface area contributed by atoms with Crippen LogP contribution in [0.4, 0.5) is 5.69 Å². The Morgan fingerprint density at radius 3 is 2.64 bits per heavy atom. The van der Waals surface area contributed by atoms with Gasteiger partial charge >= 0.3 is 0 Å². The highest BCUT2D eigenvalue weighted by Crippen LogP contribution is 2.14. The Kier molecular flexibility index (Phi) is 3.83. The second kappa shape index (κ2) is 5.93. The molecule has 0 unspecified atom stereocenters. The van der Waals surface area contributed by atoms with E-state index in [0.29, 0.717) is 18.8 Å². The Balaban J connectivity index is 1.74. The Morgan fingerprint density at radius 2 is 1.86 bits per heavy atom. The third-order valence-corrected chi connectivity index (χ3v) is 3.61. The van der Waals surface area contributed by atoms with Crippen molar-refractivity contribution in [1.29, 1.82) is 0 Å². The summed E-state index contributed by atoms with van der Waals surface area (Å²) >= 11 is 0. The number of nitrogen functional groups attached to an aromatic ring is 1. The van der Waals surface area contributed by atoms with E-state index in [1.165, 1.54) is 0 Å². The molecule has 0 aliphatic rings. The number of hydrogen-bond acceptors (Lipinski definition) is 3. The largest absolute Gasteiger partial charge is 0.492 e. The molecule has 0 amide bonds. The first-order valence-corrected chi connectivity index (χ1v) is 7.22. The molecule has 4 heteroatoms. The second-order valence-corrected chi connectivity index (χ2v) is 5.32. The normalized spacial score (nSPS) is 10.8. The van der Waals surface area contributed by atoms with Crippen molar-refractivity contribution < 1.29 is 4.74 Å². The van der Waals surface area contributed by atoms with Gasteiger partial charge in [0, 0.05) is 17.3 Å². The van der Waals surface area contributed by atoms with Crippen LogP contribution in [-0.2, 0) is 6.54 Å². The number of rotatable bonds is 4. The maximum absolute atomic E-state index is 12.4. The zero-order valence-electron chi connectivity index (χ0n) is 12.5. The summed E-state index contributed by atoms with van der Waals surface area (Å²) in [4.78, 5) is 12.4. The number of ether oxygens (including phenoxy) is 1. The zero-order valence-corrected chi connectivity index (χ0v) is 12.5. The van der Waals surface area contributed by atoms with Crippen LogP contribution in [0.5, 0.6) is 5.75 Å². The summed E-state index contributed by atoms with van der Waals surface area (Å²) in [5.41, 5.74) is 7.49. The molecule has 2 aromatic carbocycles. The molecule has 0 radical (unpaired) electrons. The van der Waals surface area contributed by atoms with E-state index < -0.39 is 0 Å². The lowest BCUT2D eigenvalue weighted by molar-refractivity contribution is 0.297. The van der Waals surface area contributed by atoms with Gasteiger partial charge in [0.25, 0.3) is 5.56 Å². The van der Waals surface area contributed by atoms with Crippen molar-refractivity contribution in [3.8, 4) is 5.75 Å². The second-order valence-electron chi connectivity index (χ2n) is 5.32. The van der Waals surface area contributed by atoms with Crippen LogP contribution in [0.25, 0.3) is 10.8 Å². The average molecular weight is 294 g/mol. The highest BCUT2D eigenvalue weighted by atomic mass is 16.5. The molecule has 3 aromatic rings. The van der Waals surface area contributed by atoms with Crippen molar-refractivity contribution in [2.75, 3.05) is 12.3 Å². The van der Waals surface area contributed by atoms with Gasteiger partial charge in [0.1, 0.15) is 12.4 Å². The molecular weight excluding hydrogens is 276 g/mol. The Labute approximate surface area is 128 Å². The summed E-state index contributed by atoms with van der Waals surface area (Å²) in [6, 6.07) is 15.0. The fourth-order valence-electron chi connectivity index (χ4n) is 2.41. The summed E-state index contributed by atoms with van der Waals surface area (Å²) in [6.45, 7) is 2.96. The van der Waals surface area contributed by atoms with Crippen LogP contribution in [-0.4, -0.2) is 11.2 Å². The van der Waals surface area contributed by atoms with E-state index in [9.17, 15) is 4.79 Å². The fourth-order valence-corrected chi connectivity index (χ4v) is 2.41. The number of aryl methyl sites for hydroxylation is 1. The first kappa shape index (κ1) is 14.2. The first-order valence-electron chi connectivity index (χ1n) is 7.22. The predicted octanol–water partition coefficient (Wildman–Crippen LogP) is 2.97. The minimum absolute atomic E-state index is 0.0124. The SMILES string of the molecule is Cc1ccc2c(=O)n(CCOc3ccc(N)cc3)ccc2c1. The number of hydrogen-bond donors (Lipinski definition) is 1. The number of fused-ring (bicyclic) bond motifs is 1. The number of aromatic nitrogens is 1. The molecule has 0 spiro atoms. The first-order chi connectivity index (χ1) is 10.6. The van der Waals surface area contributed by atoms with Gasteiger partial charge in [-0.25, -0.2) is 0 Å². The molecule has 0 saturated carbocycles. The Bertz CT molecular complexity index is 851. The lowest BCUT2D eigenvalue weighted by Gasteiger charge is -2.09. The number of nitrogens with two attached hydrogens (primary N) is 1. The van der Waals surface area contributed by atoms with Gasteiger partial charge in [-0.05, 0) is 48.7 Å². The molecule has 1 aromatic heterocycles. The van der Waals surface area contributed by atoms with Gasteiger partial charge in [-0.2, -0.15) is 0 Å². The van der Waals surface area contributed by atoms with Crippen LogP contribution in [0.3, 0.4) is 0 Å². The standard InChI is InChI=1S/C18H18N2O2/c1-13-2-7-17-14(12-13)8-9-20(18(17)21)10-11-22-16-5-3-15(19)4-6-16/h2-9,12H,10-11,19H2,1H3. The van der Waals surface area contributed by atoms with Crippen molar-refractivity contribution in [2.24, 2.45) is 0 Å². The fraction of sp³-hybridized carbons (Fsp3) is 0.167. The molecule has 0 bridgehead atoms. The Morgan fingerprint density at radius 1 is 1.09 bits per heavy atom. The number of nitrogens with zero attached hydrogens (tertiary/aromatic N) is 1. The molecule has 0 aliphatic carbocycles. The molecule has 22 heavy (non-hydrogen) atoms. The van der Waals surface area contributed by atoms with Gasteiger partial charge in [0.05, 0.1) is 6.54 Å². The predicted molar refractivity (Wildman–Crippen MR) is 89.3 cm³/mol. The van der Waals surface area contributed by atoms with Crippen LogP contribution in [0.2, 0.25) is 0 Å². The molecule has 0 aliphatic heterocycles. The average Bonchev–Trinajstić information content (AvgIpc) is 2.51. The number of anilines is 1. The maximum Gasteiger partial charge on any atom is 0.258 e. The Hall–Kier alpha value is -2.75. The minimum Gasteiger partial charge on any atom is -0.492 e. The van der Waals surface area contributed by atoms with Crippen LogP contribution in [0.15, 0.2) is 59.5 Å². The van der Waals surface area contributed by atoms with E-state index in [2.05, 4.69) is 0 Å². The third-order valence-electron chi connectivity index (χ3n) is 3.61. The van der Waals surface area contributed by atoms with E-state index in [1.807, 2.05) is 49.5 Å². The molecule has 2 N–H and O–H groups in total. The lowest BCUT2D eigenvalue weighted by Crippen LogP contribution is -2.22. The zero-order chi connectivity index (χ0) is 15.5. The summed E-state index contributed by atoms with van der Waals surface area (Å²) < 4.78 is 7.31. The summed E-state index contributed by atoms with van der Waals surface area (Å²) in [5, 5.41) is 1.71. The van der Waals surface area contributed by atoms with Crippen LogP contribution in [0.1, 0.15) is 5.56 Å². The van der Waals surface area contributed by atoms with Crippen molar-refractivity contribution in [3.05, 3.63) is 70.6 Å². The van der Waals surface area contributed by atoms with E-state index >= 15 is 0 Å². The molecule has 4 nitrogen and oxygen atoms in total. The van der Waals surface area contributed by atoms with Crippen LogP contribution >= 0.6 is 0 Å². The van der Waals surface area contributed by atoms with Gasteiger partial charge < -0.3 is 15.0 Å². The van der Waals surface area contributed by atoms with E-state index in [4.69, 9.17) is 10.5 Å². The maximum atomic E-state index is 12.4. The quantitative estimate of drug-likeness (QED) is 0.753. The van der Waals surface area contributed by atoms with Gasteiger partial charge in [-0.1, -0.05) is 17.7 Å². The summed E-state index contributed by atoms with van der Waals surface area (Å²) in [5.74, 6) is 0.749. The van der Waals surface area contributed by atoms with Crippen molar-refractivity contribution in [1.82, 2.24) is 4.57 Å². The molecular formula is C18H18N2O2. The van der Waals surface area contributed by atoms with Crippen molar-refractivity contribution >= 4 is 16.5 Å². The monoisotopic (exact) mass is 294 g/mol. The van der Waals surface area contributed by atoms with Crippen molar-refractivity contribution in [3.63, 3.8) is 0 Å². The molecule has 1 heterocycles. The summed E-state index contributed by atoms with van der Waals surface area (Å²) in [7, 11) is 0. The van der Waals surface area contributed by atoms with E-state index in [0.717, 1.165) is 22.1 Å². The molecule has 0 atom stereocenters. The highest BCUT2D eigenvalue weighted by molar-refractivity contribution is 5.81. The van der Waals surface area contributed by atoms with Gasteiger partial charge in [-0.15, -0.1) is 0 Å². The van der Waals surface area contributed by atoms with Gasteiger partial charge in [0.2, 0.25) is 0 Å². The third kappa shape index (κ3) is 2.96. The van der Waals surface area contributed by atoms with Gasteiger partial charge in [0.15, 0.2) is 0 Å². The minimum atomic E-state index is 0.0124. The van der Waals surface area contributed by atoms with E-state index in [1.54, 1.807) is 16.7 Å². The van der Waals surface area contributed by atoms with Crippen LogP contribution in [0, 0.1) is 6.92 Å². The molecule has 112 valence electrons. The topological polar surface area (TPSA) is 57.2 Å². The lowest BCUT2D eigenvalue weighted by atomic mass is 10.1. The smallest absolute Gasteiger partial charge is 0.258 e. The molecule has 0 fully saturated rings. The van der Waals surface area contributed by atoms with Gasteiger partial charge in [-0.3, -0.25) is 4.79 Å². The summed E-state index contributed by atoms with van der Waals surface area (Å²) in [6.07, 6.45) is 1.82. The highest BCUT2D eigenvalue weighted by Gasteiger charge is 2.03. The molecule has 3 rings (SSSR count). The van der Waals surface area contributed by atoms with Crippen molar-refractivity contribution in [2.45, 2.75) is 13.5 Å². The molecule has 0 saturated heterocycles. The van der Waals surface area contributed by atoms with E-state index in [-0.39, 0.29) is 5.56 Å². The van der Waals surface area contributed by atoms with Crippen LogP contribution < -0.4 is 16.0 Å².